The van der Waals surface area contributed by atoms with Gasteiger partial charge in [0.15, 0.2) is 0 Å². The average Bonchev–Trinajstić information content (AvgIpc) is 3.38. The monoisotopic (exact) mass is 406 g/mol. The van der Waals surface area contributed by atoms with Crippen molar-refractivity contribution in [2.24, 2.45) is 5.41 Å². The summed E-state index contributed by atoms with van der Waals surface area (Å²) < 4.78 is 13.3. The van der Waals surface area contributed by atoms with E-state index in [-0.39, 0.29) is 11.3 Å². The second-order valence-electron chi connectivity index (χ2n) is 8.84. The van der Waals surface area contributed by atoms with Gasteiger partial charge in [0.05, 0.1) is 11.8 Å². The normalized spacial score (nSPS) is 19.8. The first-order valence-electron chi connectivity index (χ1n) is 10.1. The van der Waals surface area contributed by atoms with Gasteiger partial charge >= 0.3 is 0 Å². The summed E-state index contributed by atoms with van der Waals surface area (Å²) in [5, 5.41) is 12.0. The van der Waals surface area contributed by atoms with Gasteiger partial charge in [0.25, 0.3) is 0 Å². The van der Waals surface area contributed by atoms with Crippen molar-refractivity contribution < 1.29 is 9.18 Å². The van der Waals surface area contributed by atoms with E-state index in [0.29, 0.717) is 18.9 Å². The van der Waals surface area contributed by atoms with Crippen LogP contribution in [0.5, 0.6) is 0 Å². The van der Waals surface area contributed by atoms with E-state index in [1.807, 2.05) is 36.2 Å². The highest BCUT2D eigenvalue weighted by Gasteiger charge is 2.52. The summed E-state index contributed by atoms with van der Waals surface area (Å²) in [5.74, 6) is 1.15. The molecule has 1 aliphatic carbocycles. The predicted molar refractivity (Wildman–Crippen MR) is 112 cm³/mol. The fourth-order valence-electron chi connectivity index (χ4n) is 4.59. The molecule has 2 aromatic heterocycles. The number of carbonyl (C=O) groups is 1. The summed E-state index contributed by atoms with van der Waals surface area (Å²) in [6.07, 6.45) is 4.14. The Labute approximate surface area is 174 Å². The molecule has 7 nitrogen and oxygen atoms in total. The van der Waals surface area contributed by atoms with Gasteiger partial charge in [-0.2, -0.15) is 5.26 Å². The number of halogens is 1. The van der Waals surface area contributed by atoms with Crippen LogP contribution in [0.25, 0.3) is 0 Å². The lowest BCUT2D eigenvalue weighted by molar-refractivity contribution is -0.114. The van der Waals surface area contributed by atoms with E-state index in [1.165, 1.54) is 12.5 Å². The third-order valence-electron chi connectivity index (χ3n) is 6.40. The fourth-order valence-corrected chi connectivity index (χ4v) is 4.59. The minimum Gasteiger partial charge on any atom is -0.353 e. The van der Waals surface area contributed by atoms with Gasteiger partial charge in [-0.15, -0.1) is 0 Å². The van der Waals surface area contributed by atoms with E-state index in [1.54, 1.807) is 0 Å². The lowest BCUT2D eigenvalue weighted by Gasteiger charge is -2.45. The molecular weight excluding hydrogens is 383 g/mol. The Hall–Kier alpha value is -3.21. The van der Waals surface area contributed by atoms with Crippen molar-refractivity contribution >= 4 is 28.9 Å². The highest BCUT2D eigenvalue weighted by atomic mass is 19.1. The van der Waals surface area contributed by atoms with Crippen molar-refractivity contribution in [3.05, 3.63) is 35.7 Å². The van der Waals surface area contributed by atoms with E-state index in [9.17, 15) is 14.4 Å². The summed E-state index contributed by atoms with van der Waals surface area (Å²) in [4.78, 5) is 24.8. The Morgan fingerprint density at radius 2 is 2.07 bits per heavy atom. The van der Waals surface area contributed by atoms with E-state index >= 15 is 0 Å². The number of amides is 1. The number of nitrogens with one attached hydrogen (secondary N) is 1. The maximum atomic E-state index is 13.3. The van der Waals surface area contributed by atoms with Crippen LogP contribution in [0.15, 0.2) is 24.4 Å². The summed E-state index contributed by atoms with van der Waals surface area (Å²) in [6.45, 7) is 4.35. The number of hydrogen-bond donors (Lipinski definition) is 1. The number of fused-ring (bicyclic) bond motifs is 2. The first-order chi connectivity index (χ1) is 14.4. The fraction of sp³-hybridized carbons (Fsp3) is 0.455. The molecule has 1 saturated carbocycles. The van der Waals surface area contributed by atoms with Crippen molar-refractivity contribution in [2.45, 2.75) is 32.1 Å². The third-order valence-corrected chi connectivity index (χ3v) is 6.40. The number of anilines is 4. The van der Waals surface area contributed by atoms with Crippen LogP contribution in [-0.4, -0.2) is 42.2 Å². The van der Waals surface area contributed by atoms with Crippen LogP contribution in [0.1, 0.15) is 31.0 Å². The van der Waals surface area contributed by atoms with Crippen molar-refractivity contribution in [2.75, 3.05) is 41.4 Å². The minimum atomic E-state index is -0.914. The Morgan fingerprint density at radius 3 is 2.70 bits per heavy atom. The smallest absolute Gasteiger partial charge is 0.222 e. The maximum Gasteiger partial charge on any atom is 0.222 e. The van der Waals surface area contributed by atoms with Crippen LogP contribution >= 0.6 is 0 Å². The Morgan fingerprint density at radius 1 is 1.30 bits per heavy atom. The summed E-state index contributed by atoms with van der Waals surface area (Å²) >= 11 is 0. The van der Waals surface area contributed by atoms with Crippen LogP contribution in [0.4, 0.5) is 27.4 Å². The maximum absolute atomic E-state index is 13.3. The number of rotatable bonds is 4. The number of alkyl halides is 1. The molecule has 3 aliphatic rings. The van der Waals surface area contributed by atoms with Gasteiger partial charge in [-0.3, -0.25) is 4.79 Å². The molecule has 2 aromatic rings. The first-order valence-corrected chi connectivity index (χ1v) is 10.1. The topological polar surface area (TPSA) is 85.2 Å². The zero-order valence-electron chi connectivity index (χ0n) is 17.1. The van der Waals surface area contributed by atoms with Gasteiger partial charge in [-0.05, 0) is 25.8 Å². The van der Waals surface area contributed by atoms with E-state index in [2.05, 4.69) is 26.3 Å². The minimum absolute atomic E-state index is 0.134. The van der Waals surface area contributed by atoms with Crippen LogP contribution in [-0.2, 0) is 10.2 Å². The van der Waals surface area contributed by atoms with Crippen molar-refractivity contribution in [3.63, 3.8) is 0 Å². The highest BCUT2D eigenvalue weighted by Crippen LogP contribution is 2.58. The van der Waals surface area contributed by atoms with Gasteiger partial charge in [0.1, 0.15) is 23.7 Å². The Bertz CT molecular complexity index is 1080. The van der Waals surface area contributed by atoms with Gasteiger partial charge in [-0.1, -0.05) is 0 Å². The largest absolute Gasteiger partial charge is 0.353 e. The number of hydrogen-bond acceptors (Lipinski definition) is 6. The number of nitrogens with zero attached hydrogens (tertiary/aromatic N) is 5. The van der Waals surface area contributed by atoms with Crippen LogP contribution in [0.3, 0.4) is 0 Å². The number of aryl methyl sites for hydroxylation is 1. The predicted octanol–water partition coefficient (Wildman–Crippen LogP) is 3.23. The molecule has 0 atom stereocenters. The van der Waals surface area contributed by atoms with Crippen LogP contribution < -0.4 is 15.1 Å². The van der Waals surface area contributed by atoms with Crippen molar-refractivity contribution in [1.29, 1.82) is 5.26 Å². The van der Waals surface area contributed by atoms with Gasteiger partial charge in [-0.25, -0.2) is 14.4 Å². The second-order valence-corrected chi connectivity index (χ2v) is 8.84. The molecule has 30 heavy (non-hydrogen) atoms. The number of carbonyl (C=O) groups excluding carboxylic acids is 1. The van der Waals surface area contributed by atoms with Gasteiger partial charge < -0.3 is 15.1 Å². The molecule has 0 bridgehead atoms. The Kier molecular flexibility index (Phi) is 4.01. The molecule has 0 aromatic carbocycles. The molecule has 154 valence electrons. The van der Waals surface area contributed by atoms with E-state index in [4.69, 9.17) is 0 Å². The lowest BCUT2D eigenvalue weighted by atomic mass is 9.83. The van der Waals surface area contributed by atoms with Gasteiger partial charge in [0.2, 0.25) is 5.91 Å². The molecule has 1 saturated heterocycles. The lowest BCUT2D eigenvalue weighted by Crippen LogP contribution is -2.57. The van der Waals surface area contributed by atoms with E-state index < -0.39 is 12.1 Å². The van der Waals surface area contributed by atoms with Crippen molar-refractivity contribution in [3.8, 4) is 6.07 Å². The first kappa shape index (κ1) is 18.8. The average molecular weight is 406 g/mol. The van der Waals surface area contributed by atoms with Crippen LogP contribution in [0, 0.1) is 23.7 Å². The molecule has 2 aliphatic heterocycles. The molecule has 2 fully saturated rings. The molecule has 8 heteroatoms. The number of aromatic nitrogens is 2. The summed E-state index contributed by atoms with van der Waals surface area (Å²) in [7, 11) is 0. The Balaban J connectivity index is 1.49. The molecule has 5 rings (SSSR count). The van der Waals surface area contributed by atoms with Crippen LogP contribution in [0.2, 0.25) is 0 Å². The molecule has 1 spiro atoms. The quantitative estimate of drug-likeness (QED) is 0.839. The van der Waals surface area contributed by atoms with Crippen molar-refractivity contribution in [1.82, 2.24) is 9.97 Å². The molecule has 0 radical (unpaired) electrons. The summed E-state index contributed by atoms with van der Waals surface area (Å²) in [5.41, 5.74) is 3.38. The third kappa shape index (κ3) is 2.88. The molecular formula is C22H23FN6O. The zero-order valence-corrected chi connectivity index (χ0v) is 17.1. The standard InChI is InChI=1S/C22H23FN6O/c1-14-5-16(6-20(26-14)28-11-21(9-23,10-24)12-28)29-13-22(3-4-22)17-8-25-19(7-18(17)29)27-15(2)30/h5-8H,3-4,9,11-13H2,1-2H3,(H,25,27,30). The number of pyridine rings is 2. The number of nitriles is 1. The SMILES string of the molecule is CC(=O)Nc1cc2c(cn1)C1(CC1)CN2c1cc(C)nc(N2CC(C#N)(CF)C2)c1. The van der Waals surface area contributed by atoms with Gasteiger partial charge in [0, 0.05) is 67.2 Å². The molecule has 0 unspecified atom stereocenters. The second kappa shape index (κ2) is 6.39. The van der Waals surface area contributed by atoms with E-state index in [0.717, 1.165) is 42.3 Å². The summed E-state index contributed by atoms with van der Waals surface area (Å²) in [6, 6.07) is 8.09. The molecule has 4 heterocycles. The highest BCUT2D eigenvalue weighted by molar-refractivity contribution is 5.89. The molecule has 1 N–H and O–H groups in total. The zero-order chi connectivity index (χ0) is 21.1. The molecule has 1 amide bonds.